The van der Waals surface area contributed by atoms with E-state index in [-0.39, 0.29) is 76.3 Å². The molecular weight excluding hydrogens is 1840 g/mol. The van der Waals surface area contributed by atoms with Gasteiger partial charge in [-0.3, -0.25) is 75.0 Å². The number of nitrogen functional groups attached to an aromatic ring is 2. The lowest BCUT2D eigenvalue weighted by atomic mass is 10.1. The third-order valence-electron chi connectivity index (χ3n) is 24.7. The van der Waals surface area contributed by atoms with Gasteiger partial charge in [-0.15, -0.1) is 0 Å². The quantitative estimate of drug-likeness (QED) is 0.00839. The number of aliphatic imine (C=N–C) groups is 1. The molecule has 12 heterocycles. The zero-order chi connectivity index (χ0) is 97.3. The summed E-state index contributed by atoms with van der Waals surface area (Å²) in [5.41, 5.74) is 11.8. The molecule has 132 heavy (non-hydrogen) atoms. The van der Waals surface area contributed by atoms with Crippen LogP contribution < -0.4 is 33.1 Å². The Morgan fingerprint density at radius 1 is 0.492 bits per heavy atom. The van der Waals surface area contributed by atoms with Gasteiger partial charge in [0.1, 0.15) is 72.3 Å². The first-order chi connectivity index (χ1) is 61.5. The van der Waals surface area contributed by atoms with E-state index >= 15 is 0 Å². The highest BCUT2D eigenvalue weighted by molar-refractivity contribution is 7.49. The molecule has 41 nitrogen and oxygen atoms in total. The number of ether oxygens (including phenoxy) is 3. The topological polar surface area (TPSA) is 514 Å². The number of aromatic nitrogens is 9. The van der Waals surface area contributed by atoms with E-state index in [0.29, 0.717) is 25.1 Å². The van der Waals surface area contributed by atoms with Gasteiger partial charge in [0.25, 0.3) is 5.69 Å². The molecule has 7 aromatic rings. The number of nitrogens with two attached hydrogens (primary N) is 2. The van der Waals surface area contributed by atoms with Crippen LogP contribution in [0.1, 0.15) is 156 Å². The highest BCUT2D eigenvalue weighted by atomic mass is 31.2. The molecule has 0 spiro atoms. The SMILES string of the molecule is CC(C)(C)[Si](C)(C)O[C@H]1[C@H](O[Si](C)(C)C(C)(C)C)[C@@H](CO[P@]2(=O)OCC[C@H](c3ccncc3)O2)O[C@H]1n1ccc(N)nc1=O.CN(C)C=Nc1ccn([C@@H]2O[C@H](CO)[C@@H](O[Si](C)(C)C(C)(C)C)[C@@H]2O[Si](C)(C)C(C)(C)C)c(=O)n1.Nc1ccn([C@@H]2O[C@H](CO[P@]3(=O)OCC[C@H](c4ccncc4)O3)[C@@H](O)[C@@H]2O)c(=O)n1.O=[N+]([O-])c1ccc(O[P@@]2(=O)OCC[C@H](c3ccncc3)O2)cc1. The van der Waals surface area contributed by atoms with Gasteiger partial charge in [-0.1, -0.05) is 83.1 Å². The molecule has 48 heteroatoms. The number of aliphatic hydroxyl groups is 3. The van der Waals surface area contributed by atoms with Crippen LogP contribution in [0.15, 0.2) is 154 Å². The molecule has 0 unspecified atom stereocenters. The van der Waals surface area contributed by atoms with Gasteiger partial charge >= 0.3 is 40.5 Å². The Kier molecular flexibility index (Phi) is 35.0. The monoisotopic (exact) mass is 1970 g/mol. The summed E-state index contributed by atoms with van der Waals surface area (Å²) in [5, 5.41) is 41.0. The lowest BCUT2D eigenvalue weighted by molar-refractivity contribution is -0.384. The number of nitro groups is 1. The predicted molar refractivity (Wildman–Crippen MR) is 500 cm³/mol. The lowest BCUT2D eigenvalue weighted by Gasteiger charge is -2.44. The second-order valence-electron chi connectivity index (χ2n) is 38.8. The van der Waals surface area contributed by atoms with Gasteiger partial charge in [0, 0.05) is 101 Å². The first kappa shape index (κ1) is 106. The molecule has 6 aliphatic rings. The normalized spacial score (nSPS) is 28.0. The Morgan fingerprint density at radius 3 is 1.20 bits per heavy atom. The second kappa shape index (κ2) is 43.4. The fourth-order valence-corrected chi connectivity index (χ4v) is 22.5. The number of phosphoric acid groups is 3. The van der Waals surface area contributed by atoms with Gasteiger partial charge in [0.2, 0.25) is 0 Å². The van der Waals surface area contributed by atoms with Crippen LogP contribution in [-0.4, -0.2) is 217 Å². The number of nitrogens with zero attached hydrogens (tertiary/aromatic N) is 12. The minimum absolute atomic E-state index is 0.0117. The van der Waals surface area contributed by atoms with E-state index in [9.17, 15) is 53.5 Å². The number of pyridine rings is 3. The number of hydrogen-bond donors (Lipinski definition) is 5. The minimum Gasteiger partial charge on any atom is -0.408 e. The Morgan fingerprint density at radius 2 is 0.833 bits per heavy atom. The van der Waals surface area contributed by atoms with Crippen molar-refractivity contribution in [2.24, 2.45) is 4.99 Å². The van der Waals surface area contributed by atoms with E-state index in [2.05, 4.69) is 170 Å². The number of aliphatic hydroxyl groups excluding tert-OH is 3. The molecule has 18 atom stereocenters. The van der Waals surface area contributed by atoms with Crippen molar-refractivity contribution in [2.45, 2.75) is 267 Å². The largest absolute Gasteiger partial charge is 0.530 e. The van der Waals surface area contributed by atoms with Crippen LogP contribution >= 0.6 is 23.5 Å². The van der Waals surface area contributed by atoms with Crippen molar-refractivity contribution < 1.29 is 107 Å². The molecule has 0 amide bonds. The number of benzene rings is 1. The molecule has 1 aromatic carbocycles. The molecular formula is C84H129N14O27P3Si4. The van der Waals surface area contributed by atoms with Crippen molar-refractivity contribution >= 4 is 86.2 Å². The van der Waals surface area contributed by atoms with E-state index in [0.717, 1.165) is 21.3 Å². The van der Waals surface area contributed by atoms with Gasteiger partial charge in [-0.05, 0) is 156 Å². The molecule has 6 aromatic heterocycles. The summed E-state index contributed by atoms with van der Waals surface area (Å²) < 4.78 is 139. The van der Waals surface area contributed by atoms with Crippen molar-refractivity contribution in [1.82, 2.24) is 48.5 Å². The minimum atomic E-state index is -3.97. The Hall–Kier alpha value is -7.58. The van der Waals surface area contributed by atoms with Gasteiger partial charge in [0.15, 0.2) is 57.8 Å². The van der Waals surface area contributed by atoms with E-state index in [1.54, 1.807) is 97.2 Å². The average molecular weight is 1970 g/mol. The maximum absolute atomic E-state index is 13.7. The van der Waals surface area contributed by atoms with E-state index in [1.807, 2.05) is 26.2 Å². The molecule has 0 radical (unpaired) electrons. The van der Waals surface area contributed by atoms with E-state index in [1.165, 1.54) is 45.7 Å². The fourth-order valence-electron chi connectivity index (χ4n) is 13.1. The van der Waals surface area contributed by atoms with Crippen molar-refractivity contribution in [3.63, 3.8) is 0 Å². The Bertz CT molecular complexity index is 5370. The lowest BCUT2D eigenvalue weighted by Crippen LogP contribution is -2.54. The van der Waals surface area contributed by atoms with Crippen molar-refractivity contribution in [3.8, 4) is 5.75 Å². The van der Waals surface area contributed by atoms with Gasteiger partial charge in [0.05, 0.1) is 69.2 Å². The number of hydrogen-bond acceptors (Lipinski definition) is 36. The smallest absolute Gasteiger partial charge is 0.408 e. The summed E-state index contributed by atoms with van der Waals surface area (Å²) in [5.74, 6) is 0.605. The predicted octanol–water partition coefficient (Wildman–Crippen LogP) is 14.1. The highest BCUT2D eigenvalue weighted by Gasteiger charge is 2.58. The molecule has 0 aliphatic carbocycles. The summed E-state index contributed by atoms with van der Waals surface area (Å²) in [6, 6.07) is 20.4. The zero-order valence-corrected chi connectivity index (χ0v) is 85.5. The third-order valence-corrected chi connectivity index (χ3v) is 47.0. The Labute approximate surface area is 772 Å². The van der Waals surface area contributed by atoms with Crippen molar-refractivity contribution in [1.29, 1.82) is 0 Å². The maximum atomic E-state index is 13.7. The van der Waals surface area contributed by atoms with Gasteiger partial charge in [-0.25, -0.2) is 33.1 Å². The first-order valence-corrected chi connectivity index (χ1v) is 59.3. The van der Waals surface area contributed by atoms with Gasteiger partial charge in [-0.2, -0.15) is 15.0 Å². The van der Waals surface area contributed by atoms with Crippen molar-refractivity contribution in [3.05, 3.63) is 193 Å². The third kappa shape index (κ3) is 27.2. The summed E-state index contributed by atoms with van der Waals surface area (Å²) in [4.78, 5) is 77.8. The van der Waals surface area contributed by atoms with Crippen LogP contribution in [0.4, 0.5) is 23.1 Å². The van der Waals surface area contributed by atoms with E-state index < -0.39 is 177 Å². The first-order valence-electron chi connectivity index (χ1n) is 43.3. The van der Waals surface area contributed by atoms with Crippen molar-refractivity contribution in [2.75, 3.05) is 65.2 Å². The zero-order valence-electron chi connectivity index (χ0n) is 78.8. The molecule has 0 saturated carbocycles. The van der Waals surface area contributed by atoms with Crippen LogP contribution in [0.3, 0.4) is 0 Å². The molecule has 6 saturated heterocycles. The van der Waals surface area contributed by atoms with Crippen LogP contribution in [0.5, 0.6) is 5.75 Å². The summed E-state index contributed by atoms with van der Waals surface area (Å²) >= 11 is 0. The Balaban J connectivity index is 0.000000187. The number of anilines is 2. The second-order valence-corrected chi connectivity index (χ2v) is 62.6. The molecule has 6 fully saturated rings. The van der Waals surface area contributed by atoms with Crippen LogP contribution in [0.2, 0.25) is 72.5 Å². The maximum Gasteiger partial charge on any atom is 0.530 e. The summed E-state index contributed by atoms with van der Waals surface area (Å²) in [7, 11) is -17.4. The number of nitro benzene ring substituents is 1. The number of non-ortho nitro benzene ring substituents is 1. The summed E-state index contributed by atoms with van der Waals surface area (Å²) in [6.45, 7) is 42.9. The number of rotatable bonds is 26. The average Bonchev–Trinajstić information content (AvgIpc) is 1.60. The van der Waals surface area contributed by atoms with Crippen LogP contribution in [0, 0.1) is 10.1 Å². The highest BCUT2D eigenvalue weighted by Crippen LogP contribution is 2.61. The molecule has 728 valence electrons. The molecule has 13 rings (SSSR count). The molecule has 6 aliphatic heterocycles. The fraction of sp³-hybridized carbons (Fsp3) is 0.595. The summed E-state index contributed by atoms with van der Waals surface area (Å²) in [6.07, 6.45) is 5.31. The number of phosphoric ester groups is 3. The van der Waals surface area contributed by atoms with Gasteiger partial charge < -0.3 is 68.1 Å². The van der Waals surface area contributed by atoms with E-state index in [4.69, 9.17) is 84.1 Å². The van der Waals surface area contributed by atoms with Crippen LogP contribution in [-0.2, 0) is 81.8 Å². The molecule has 7 N–H and O–H groups in total. The standard InChI is InChI=1S/C29H49N4O8PSi2.C24H46N4O5Si2.C17H21N4O8P.C14H13N2O6P/c1-28(2,3)43(7,8)40-24-22(19-37-42(35)36-18-14-21(39-42)20-11-15-31-16-12-20)38-26(33-17-13-23(30)32-27(33)34)25(24)41-44(9,10)29(4,5)6;1-23(2,3)34(9,10)32-19-17(15-29)31-21(20(19)33-35(11,12)24(4,5)6)28-14-13-18(26-22(28)30)25-16-27(7)8;18-13-3-7-21(17(24)20-13)16-15(23)14(22)12(28-16)9-27-30(25)26-8-4-11(29-30)10-1-5-19-6-2-10;17-16(18)12-1-3-13(4-2-12)21-23(19)20-10-7-14(22-23)11-5-8-15-9-6-11/h11-13,15-17,21-22,24-26H,14,18-19H2,1-10H3,(H2,30,32,34);13-14,16-17,19-21,29H,15H2,1-12H3;1-3,5-7,11-12,14-16,22-23H,4,8-9H2,(H2,18,20,24);1-6,8-9,14H,7,10H2/t21-,22-,24-,25+,26-,42+;17-,19-,20+,21-;11-,12-,14-,15+,16-,30+;14-,23-/m1111/s1. The van der Waals surface area contributed by atoms with Crippen LogP contribution in [0.25, 0.3) is 0 Å². The molecule has 0 bridgehead atoms.